The summed E-state index contributed by atoms with van der Waals surface area (Å²) in [6, 6.07) is 0. The van der Waals surface area contributed by atoms with E-state index in [1.807, 2.05) is 6.92 Å². The van der Waals surface area contributed by atoms with Gasteiger partial charge in [-0.05, 0) is 6.42 Å². The lowest BCUT2D eigenvalue weighted by Gasteiger charge is -1.97. The maximum absolute atomic E-state index is 10.3. The van der Waals surface area contributed by atoms with E-state index in [1.165, 1.54) is 6.08 Å². The Kier molecular flexibility index (Phi) is 12.2. The average molecular weight is 244 g/mol. The summed E-state index contributed by atoms with van der Waals surface area (Å²) in [6.45, 7) is 5.82. The van der Waals surface area contributed by atoms with Crippen molar-refractivity contribution in [3.63, 3.8) is 0 Å². The van der Waals surface area contributed by atoms with Gasteiger partial charge in [-0.25, -0.2) is 14.4 Å². The molecule has 0 aliphatic carbocycles. The fraction of sp³-hybridized carbons (Fsp3) is 0.364. The molecular weight excluding hydrogens is 228 g/mol. The number of hydrogen-bond donors (Lipinski definition) is 2. The largest absolute Gasteiger partial charge is 0.478 e. The Balaban J connectivity index is 0. The predicted octanol–water partition coefficient (Wildman–Crippen LogP) is 1.23. The van der Waals surface area contributed by atoms with Crippen LogP contribution in [0.3, 0.4) is 0 Å². The lowest BCUT2D eigenvalue weighted by atomic mass is 10.4. The smallest absolute Gasteiger partial charge is 0.330 e. The van der Waals surface area contributed by atoms with Crippen molar-refractivity contribution < 1.29 is 29.3 Å². The molecule has 6 heteroatoms. The number of carboxylic acids is 2. The van der Waals surface area contributed by atoms with Gasteiger partial charge >= 0.3 is 17.9 Å². The van der Waals surface area contributed by atoms with Crippen LogP contribution < -0.4 is 0 Å². The number of unbranched alkanes of at least 4 members (excludes halogenated alkanes) is 1. The minimum atomic E-state index is -1.26. The summed E-state index contributed by atoms with van der Waals surface area (Å²) in [4.78, 5) is 29.5. The lowest BCUT2D eigenvalue weighted by Crippen LogP contribution is -2.00. The average Bonchev–Trinajstić information content (AvgIpc) is 2.27. The second kappa shape index (κ2) is 12.0. The Bertz CT molecular complexity index is 276. The highest BCUT2D eigenvalue weighted by Gasteiger charge is 1.91. The summed E-state index contributed by atoms with van der Waals surface area (Å²) in [7, 11) is 0. The molecule has 0 rings (SSSR count). The van der Waals surface area contributed by atoms with Crippen molar-refractivity contribution in [2.75, 3.05) is 6.61 Å². The SMILES string of the molecule is C=CC(=O)OCCCC.O=C(O)C=CC(=O)O. The minimum Gasteiger partial charge on any atom is -0.478 e. The van der Waals surface area contributed by atoms with Crippen LogP contribution in [-0.2, 0) is 19.1 Å². The molecule has 0 amide bonds. The Morgan fingerprint density at radius 2 is 1.65 bits per heavy atom. The second-order valence-corrected chi connectivity index (χ2v) is 2.73. The van der Waals surface area contributed by atoms with Crippen LogP contribution in [0.5, 0.6) is 0 Å². The van der Waals surface area contributed by atoms with Crippen LogP contribution in [0.4, 0.5) is 0 Å². The molecule has 0 aromatic rings. The number of esters is 1. The summed E-state index contributed by atoms with van der Waals surface area (Å²) in [5.74, 6) is -2.84. The standard InChI is InChI=1S/C7H12O2.C4H4O4/c1-3-5-6-9-7(8)4-2;5-3(6)1-2-4(7)8/h4H,2-3,5-6H2,1H3;1-2H,(H,5,6)(H,7,8). The van der Waals surface area contributed by atoms with E-state index < -0.39 is 11.9 Å². The highest BCUT2D eigenvalue weighted by Crippen LogP contribution is 1.88. The van der Waals surface area contributed by atoms with E-state index in [-0.39, 0.29) is 5.97 Å². The van der Waals surface area contributed by atoms with Crippen LogP contribution in [0.1, 0.15) is 19.8 Å². The van der Waals surface area contributed by atoms with Gasteiger partial charge in [0.15, 0.2) is 0 Å². The fourth-order valence-electron chi connectivity index (χ4n) is 0.519. The first-order chi connectivity index (χ1) is 7.93. The Morgan fingerprint density at radius 3 is 1.94 bits per heavy atom. The molecule has 0 aromatic heterocycles. The molecule has 0 heterocycles. The quantitative estimate of drug-likeness (QED) is 0.414. The highest BCUT2D eigenvalue weighted by molar-refractivity contribution is 5.89. The molecule has 0 unspecified atom stereocenters. The first kappa shape index (κ1) is 17.3. The number of carboxylic acid groups (broad SMARTS) is 2. The number of ether oxygens (including phenoxy) is 1. The molecule has 17 heavy (non-hydrogen) atoms. The molecule has 0 saturated carbocycles. The van der Waals surface area contributed by atoms with Crippen LogP contribution in [0, 0.1) is 0 Å². The second-order valence-electron chi connectivity index (χ2n) is 2.73. The molecule has 0 bridgehead atoms. The van der Waals surface area contributed by atoms with Gasteiger partial charge < -0.3 is 14.9 Å². The van der Waals surface area contributed by atoms with Crippen molar-refractivity contribution in [2.45, 2.75) is 19.8 Å². The summed E-state index contributed by atoms with van der Waals surface area (Å²) in [5.41, 5.74) is 0. The monoisotopic (exact) mass is 244 g/mol. The summed E-state index contributed by atoms with van der Waals surface area (Å²) in [6.07, 6.45) is 4.27. The zero-order valence-corrected chi connectivity index (χ0v) is 9.59. The Labute approximate surface area is 99.2 Å². The highest BCUT2D eigenvalue weighted by atomic mass is 16.5. The van der Waals surface area contributed by atoms with E-state index in [0.717, 1.165) is 12.8 Å². The van der Waals surface area contributed by atoms with Gasteiger partial charge in [0.2, 0.25) is 0 Å². The molecule has 6 nitrogen and oxygen atoms in total. The van der Waals surface area contributed by atoms with E-state index in [1.54, 1.807) is 0 Å². The Hall–Kier alpha value is -2.11. The number of rotatable bonds is 6. The Morgan fingerprint density at radius 1 is 1.18 bits per heavy atom. The number of carbonyl (C=O) groups excluding carboxylic acids is 1. The molecule has 0 atom stereocenters. The third-order valence-electron chi connectivity index (χ3n) is 1.28. The molecule has 0 aliphatic heterocycles. The van der Waals surface area contributed by atoms with Gasteiger partial charge in [0.25, 0.3) is 0 Å². The molecule has 0 aliphatic rings. The van der Waals surface area contributed by atoms with Gasteiger partial charge in [0, 0.05) is 18.2 Å². The third kappa shape index (κ3) is 20.1. The van der Waals surface area contributed by atoms with Crippen molar-refractivity contribution in [1.29, 1.82) is 0 Å². The van der Waals surface area contributed by atoms with Crippen LogP contribution in [0.15, 0.2) is 24.8 Å². The number of aliphatic carboxylic acids is 2. The molecule has 0 radical (unpaired) electrons. The summed E-state index contributed by atoms with van der Waals surface area (Å²) < 4.78 is 4.67. The topological polar surface area (TPSA) is 101 Å². The van der Waals surface area contributed by atoms with Crippen molar-refractivity contribution in [3.05, 3.63) is 24.8 Å². The van der Waals surface area contributed by atoms with Crippen molar-refractivity contribution in [3.8, 4) is 0 Å². The number of carbonyl (C=O) groups is 3. The van der Waals surface area contributed by atoms with Crippen molar-refractivity contribution in [1.82, 2.24) is 0 Å². The first-order valence-corrected chi connectivity index (χ1v) is 4.87. The van der Waals surface area contributed by atoms with E-state index in [4.69, 9.17) is 10.2 Å². The van der Waals surface area contributed by atoms with E-state index >= 15 is 0 Å². The van der Waals surface area contributed by atoms with E-state index in [9.17, 15) is 14.4 Å². The van der Waals surface area contributed by atoms with Gasteiger partial charge in [0.1, 0.15) is 0 Å². The predicted molar refractivity (Wildman–Crippen MR) is 60.5 cm³/mol. The molecular formula is C11H16O6. The van der Waals surface area contributed by atoms with Crippen LogP contribution in [0.2, 0.25) is 0 Å². The molecule has 0 saturated heterocycles. The zero-order chi connectivity index (χ0) is 13.7. The maximum Gasteiger partial charge on any atom is 0.330 e. The maximum atomic E-state index is 10.3. The molecule has 2 N–H and O–H groups in total. The first-order valence-electron chi connectivity index (χ1n) is 4.87. The number of hydrogen-bond acceptors (Lipinski definition) is 4. The minimum absolute atomic E-state index is 0.330. The normalized spacial score (nSPS) is 9.00. The zero-order valence-electron chi connectivity index (χ0n) is 9.59. The van der Waals surface area contributed by atoms with Gasteiger partial charge in [-0.1, -0.05) is 19.9 Å². The van der Waals surface area contributed by atoms with E-state index in [0.29, 0.717) is 18.8 Å². The molecule has 0 aromatic carbocycles. The molecule has 0 fully saturated rings. The van der Waals surface area contributed by atoms with Gasteiger partial charge in [-0.3, -0.25) is 0 Å². The van der Waals surface area contributed by atoms with Gasteiger partial charge in [-0.15, -0.1) is 0 Å². The van der Waals surface area contributed by atoms with Gasteiger partial charge in [-0.2, -0.15) is 0 Å². The fourth-order valence-corrected chi connectivity index (χ4v) is 0.519. The van der Waals surface area contributed by atoms with Crippen molar-refractivity contribution in [2.24, 2.45) is 0 Å². The van der Waals surface area contributed by atoms with E-state index in [2.05, 4.69) is 11.3 Å². The third-order valence-corrected chi connectivity index (χ3v) is 1.28. The molecule has 96 valence electrons. The lowest BCUT2D eigenvalue weighted by molar-refractivity contribution is -0.138. The summed E-state index contributed by atoms with van der Waals surface area (Å²) in [5, 5.41) is 15.6. The van der Waals surface area contributed by atoms with Crippen molar-refractivity contribution >= 4 is 17.9 Å². The van der Waals surface area contributed by atoms with Crippen LogP contribution in [-0.4, -0.2) is 34.7 Å². The molecule has 0 spiro atoms. The van der Waals surface area contributed by atoms with Crippen LogP contribution in [0.25, 0.3) is 0 Å². The van der Waals surface area contributed by atoms with Gasteiger partial charge in [0.05, 0.1) is 6.61 Å². The summed E-state index contributed by atoms with van der Waals surface area (Å²) >= 11 is 0. The van der Waals surface area contributed by atoms with Crippen LogP contribution >= 0.6 is 0 Å².